The van der Waals surface area contributed by atoms with Crippen LogP contribution in [0.4, 0.5) is 4.79 Å². The number of amides is 3. The lowest BCUT2D eigenvalue weighted by Gasteiger charge is -2.16. The van der Waals surface area contributed by atoms with Crippen molar-refractivity contribution in [1.82, 2.24) is 15.5 Å². The Labute approximate surface area is 121 Å². The molecule has 104 valence electrons. The zero-order chi connectivity index (χ0) is 14.3. The number of nitrogens with zero attached hydrogens (tertiary/aromatic N) is 1. The molecule has 0 unspecified atom stereocenters. The minimum atomic E-state index is -0.457. The largest absolute Gasteiger partial charge is 0.338 e. The molecule has 0 bridgehead atoms. The number of rotatable bonds is 5. The van der Waals surface area contributed by atoms with Crippen LogP contribution in [0.1, 0.15) is 12.5 Å². The predicted molar refractivity (Wildman–Crippen MR) is 77.7 cm³/mol. The number of halogens is 1. The second-order valence-electron chi connectivity index (χ2n) is 4.17. The highest BCUT2D eigenvalue weighted by atomic mass is 79.9. The first kappa shape index (κ1) is 15.7. The number of hydrogen-bond donors (Lipinski definition) is 2. The van der Waals surface area contributed by atoms with Gasteiger partial charge in [-0.3, -0.25) is 15.0 Å². The lowest BCUT2D eigenvalue weighted by molar-refractivity contribution is -0.120. The van der Waals surface area contributed by atoms with Gasteiger partial charge in [0.1, 0.15) is 0 Å². The second-order valence-corrected chi connectivity index (χ2v) is 5.03. The monoisotopic (exact) mass is 327 g/mol. The Morgan fingerprint density at radius 3 is 2.63 bits per heavy atom. The molecule has 0 heterocycles. The maximum Gasteiger partial charge on any atom is 0.321 e. The van der Waals surface area contributed by atoms with E-state index in [4.69, 9.17) is 0 Å². The van der Waals surface area contributed by atoms with Gasteiger partial charge in [0.25, 0.3) is 0 Å². The smallest absolute Gasteiger partial charge is 0.321 e. The van der Waals surface area contributed by atoms with Gasteiger partial charge < -0.3 is 5.32 Å². The van der Waals surface area contributed by atoms with Crippen molar-refractivity contribution < 1.29 is 9.59 Å². The maximum atomic E-state index is 11.6. The fraction of sp³-hybridized carbons (Fsp3) is 0.385. The fourth-order valence-corrected chi connectivity index (χ4v) is 2.00. The molecule has 1 aromatic rings. The molecule has 19 heavy (non-hydrogen) atoms. The SMILES string of the molecule is CCNC(=O)NC(=O)CN(C)Cc1ccccc1Br. The van der Waals surface area contributed by atoms with E-state index in [0.29, 0.717) is 13.1 Å². The third-order valence-corrected chi connectivity index (χ3v) is 3.18. The Morgan fingerprint density at radius 2 is 2.00 bits per heavy atom. The highest BCUT2D eigenvalue weighted by molar-refractivity contribution is 9.10. The average molecular weight is 328 g/mol. The van der Waals surface area contributed by atoms with Gasteiger partial charge in [0.15, 0.2) is 0 Å². The van der Waals surface area contributed by atoms with Crippen LogP contribution in [0, 0.1) is 0 Å². The molecule has 3 amide bonds. The van der Waals surface area contributed by atoms with Gasteiger partial charge in [-0.2, -0.15) is 0 Å². The van der Waals surface area contributed by atoms with Crippen LogP contribution < -0.4 is 10.6 Å². The van der Waals surface area contributed by atoms with E-state index in [9.17, 15) is 9.59 Å². The normalized spacial score (nSPS) is 10.3. The molecule has 0 saturated heterocycles. The molecule has 0 radical (unpaired) electrons. The van der Waals surface area contributed by atoms with Crippen molar-refractivity contribution in [3.05, 3.63) is 34.3 Å². The Kier molecular flexibility index (Phi) is 6.52. The van der Waals surface area contributed by atoms with Crippen molar-refractivity contribution in [2.75, 3.05) is 20.1 Å². The van der Waals surface area contributed by atoms with Crippen molar-refractivity contribution >= 4 is 27.9 Å². The molecule has 5 nitrogen and oxygen atoms in total. The summed E-state index contributed by atoms with van der Waals surface area (Å²) in [6.07, 6.45) is 0. The number of hydrogen-bond acceptors (Lipinski definition) is 3. The van der Waals surface area contributed by atoms with Crippen LogP contribution in [0.2, 0.25) is 0 Å². The van der Waals surface area contributed by atoms with Crippen molar-refractivity contribution in [3.8, 4) is 0 Å². The van der Waals surface area contributed by atoms with Gasteiger partial charge in [-0.25, -0.2) is 4.79 Å². The Bertz CT molecular complexity index is 451. The lowest BCUT2D eigenvalue weighted by Crippen LogP contribution is -2.43. The number of carbonyl (C=O) groups excluding carboxylic acids is 2. The third-order valence-electron chi connectivity index (χ3n) is 2.40. The summed E-state index contributed by atoms with van der Waals surface area (Å²) in [5.41, 5.74) is 1.09. The van der Waals surface area contributed by atoms with E-state index < -0.39 is 6.03 Å². The number of nitrogens with one attached hydrogen (secondary N) is 2. The van der Waals surface area contributed by atoms with E-state index in [1.165, 1.54) is 0 Å². The van der Waals surface area contributed by atoms with Crippen LogP contribution in [0.3, 0.4) is 0 Å². The van der Waals surface area contributed by atoms with E-state index in [-0.39, 0.29) is 12.5 Å². The summed E-state index contributed by atoms with van der Waals surface area (Å²) in [4.78, 5) is 24.6. The highest BCUT2D eigenvalue weighted by Gasteiger charge is 2.10. The molecule has 0 aromatic heterocycles. The van der Waals surface area contributed by atoms with E-state index in [0.717, 1.165) is 10.0 Å². The first-order chi connectivity index (χ1) is 9.02. The first-order valence-electron chi connectivity index (χ1n) is 6.02. The average Bonchev–Trinajstić information content (AvgIpc) is 2.31. The Morgan fingerprint density at radius 1 is 1.32 bits per heavy atom. The summed E-state index contributed by atoms with van der Waals surface area (Å²) in [6, 6.07) is 7.37. The summed E-state index contributed by atoms with van der Waals surface area (Å²) >= 11 is 3.46. The molecular weight excluding hydrogens is 310 g/mol. The number of carbonyl (C=O) groups is 2. The second kappa shape index (κ2) is 7.91. The highest BCUT2D eigenvalue weighted by Crippen LogP contribution is 2.16. The molecule has 0 spiro atoms. The molecule has 0 atom stereocenters. The standard InChI is InChI=1S/C13H18BrN3O2/c1-3-15-13(19)16-12(18)9-17(2)8-10-6-4-5-7-11(10)14/h4-7H,3,8-9H2,1-2H3,(H2,15,16,18,19). The molecule has 1 rings (SSSR count). The number of imide groups is 1. The molecular formula is C13H18BrN3O2. The third kappa shape index (κ3) is 5.85. The lowest BCUT2D eigenvalue weighted by atomic mass is 10.2. The van der Waals surface area contributed by atoms with Crippen LogP contribution in [-0.4, -0.2) is 37.0 Å². The van der Waals surface area contributed by atoms with Crippen molar-refractivity contribution in [2.24, 2.45) is 0 Å². The Balaban J connectivity index is 2.43. The van der Waals surface area contributed by atoms with Crippen LogP contribution in [0.15, 0.2) is 28.7 Å². The minimum Gasteiger partial charge on any atom is -0.338 e. The fourth-order valence-electron chi connectivity index (χ4n) is 1.59. The van der Waals surface area contributed by atoms with Crippen molar-refractivity contribution in [1.29, 1.82) is 0 Å². The van der Waals surface area contributed by atoms with E-state index >= 15 is 0 Å². The van der Waals surface area contributed by atoms with Crippen LogP contribution in [-0.2, 0) is 11.3 Å². The zero-order valence-corrected chi connectivity index (χ0v) is 12.7. The predicted octanol–water partition coefficient (Wildman–Crippen LogP) is 1.73. The summed E-state index contributed by atoms with van der Waals surface area (Å²) in [7, 11) is 1.83. The molecule has 0 aliphatic rings. The van der Waals surface area contributed by atoms with Crippen LogP contribution >= 0.6 is 15.9 Å². The van der Waals surface area contributed by atoms with E-state index in [1.54, 1.807) is 6.92 Å². The van der Waals surface area contributed by atoms with Gasteiger partial charge in [0, 0.05) is 17.6 Å². The van der Waals surface area contributed by atoms with Gasteiger partial charge >= 0.3 is 6.03 Å². The summed E-state index contributed by atoms with van der Waals surface area (Å²) in [6.45, 7) is 3.08. The van der Waals surface area contributed by atoms with Gasteiger partial charge in [-0.1, -0.05) is 34.1 Å². The molecule has 0 saturated carbocycles. The molecule has 2 N–H and O–H groups in total. The zero-order valence-electron chi connectivity index (χ0n) is 11.1. The van der Waals surface area contributed by atoms with Crippen LogP contribution in [0.5, 0.6) is 0 Å². The van der Waals surface area contributed by atoms with Crippen molar-refractivity contribution in [2.45, 2.75) is 13.5 Å². The number of likely N-dealkylation sites (N-methyl/N-ethyl adjacent to an activating group) is 1. The molecule has 0 fully saturated rings. The number of urea groups is 1. The van der Waals surface area contributed by atoms with E-state index in [2.05, 4.69) is 26.6 Å². The minimum absolute atomic E-state index is 0.165. The van der Waals surface area contributed by atoms with Gasteiger partial charge in [-0.05, 0) is 25.6 Å². The number of benzene rings is 1. The molecule has 0 aliphatic heterocycles. The van der Waals surface area contributed by atoms with E-state index in [1.807, 2.05) is 36.2 Å². The molecule has 1 aromatic carbocycles. The molecule has 0 aliphatic carbocycles. The Hall–Kier alpha value is -1.40. The topological polar surface area (TPSA) is 61.4 Å². The summed E-state index contributed by atoms with van der Waals surface area (Å²) < 4.78 is 1.01. The van der Waals surface area contributed by atoms with Gasteiger partial charge in [-0.15, -0.1) is 0 Å². The van der Waals surface area contributed by atoms with Crippen LogP contribution in [0.25, 0.3) is 0 Å². The maximum absolute atomic E-state index is 11.6. The van der Waals surface area contributed by atoms with Gasteiger partial charge in [0.2, 0.25) is 5.91 Å². The van der Waals surface area contributed by atoms with Gasteiger partial charge in [0.05, 0.1) is 6.54 Å². The summed E-state index contributed by atoms with van der Waals surface area (Å²) in [5.74, 6) is -0.319. The van der Waals surface area contributed by atoms with Crippen molar-refractivity contribution in [3.63, 3.8) is 0 Å². The molecule has 6 heteroatoms. The summed E-state index contributed by atoms with van der Waals surface area (Å²) in [5, 5.41) is 4.78. The quantitative estimate of drug-likeness (QED) is 0.865. The first-order valence-corrected chi connectivity index (χ1v) is 6.82.